The number of methoxy groups -OCH3 is 2. The number of ether oxygens (including phenoxy) is 3. The Bertz CT molecular complexity index is 875. The minimum absolute atomic E-state index is 0.189. The van der Waals surface area contributed by atoms with Gasteiger partial charge in [-0.1, -0.05) is 11.6 Å². The van der Waals surface area contributed by atoms with Crippen LogP contribution in [0.15, 0.2) is 36.4 Å². The van der Waals surface area contributed by atoms with Crippen molar-refractivity contribution in [2.75, 3.05) is 27.3 Å². The van der Waals surface area contributed by atoms with Gasteiger partial charge in [0.25, 0.3) is 0 Å². The van der Waals surface area contributed by atoms with E-state index in [0.717, 1.165) is 5.75 Å². The van der Waals surface area contributed by atoms with Crippen LogP contribution < -0.4 is 20.1 Å². The van der Waals surface area contributed by atoms with E-state index >= 15 is 0 Å². The first-order chi connectivity index (χ1) is 14.7. The highest BCUT2D eigenvalue weighted by Crippen LogP contribution is 2.28. The molecule has 170 valence electrons. The van der Waals surface area contributed by atoms with E-state index < -0.39 is 11.4 Å². The number of benzene rings is 2. The van der Waals surface area contributed by atoms with Crippen LogP contribution in [0.4, 0.5) is 4.39 Å². The van der Waals surface area contributed by atoms with Crippen LogP contribution in [0.1, 0.15) is 37.9 Å². The van der Waals surface area contributed by atoms with Crippen LogP contribution in [-0.2, 0) is 16.1 Å². The highest BCUT2D eigenvalue weighted by Gasteiger charge is 2.27. The molecule has 1 unspecified atom stereocenters. The summed E-state index contributed by atoms with van der Waals surface area (Å²) in [5, 5.41) is 6.77. The van der Waals surface area contributed by atoms with Crippen LogP contribution in [0.25, 0.3) is 0 Å². The average molecular weight is 453 g/mol. The summed E-state index contributed by atoms with van der Waals surface area (Å²) in [6.07, 6.45) is 0. The summed E-state index contributed by atoms with van der Waals surface area (Å²) in [5.41, 5.74) is 0.631. The summed E-state index contributed by atoms with van der Waals surface area (Å²) >= 11 is 6.33. The third-order valence-corrected chi connectivity index (χ3v) is 5.28. The number of carbonyl (C=O) groups is 1. The van der Waals surface area contributed by atoms with Crippen molar-refractivity contribution in [3.8, 4) is 11.5 Å². The number of nitrogens with one attached hydrogen (secondary N) is 2. The van der Waals surface area contributed by atoms with Crippen molar-refractivity contribution in [1.29, 1.82) is 0 Å². The molecular formula is C23H30ClFN2O4. The fourth-order valence-corrected chi connectivity index (χ4v) is 3.36. The molecule has 0 saturated carbocycles. The molecule has 2 aromatic rings. The van der Waals surface area contributed by atoms with Gasteiger partial charge in [0.2, 0.25) is 0 Å². The second-order valence-electron chi connectivity index (χ2n) is 7.64. The molecule has 2 aromatic carbocycles. The summed E-state index contributed by atoms with van der Waals surface area (Å²) in [4.78, 5) is 11.7. The quantitative estimate of drug-likeness (QED) is 0.392. The van der Waals surface area contributed by atoms with E-state index in [-0.39, 0.29) is 18.6 Å². The smallest absolute Gasteiger partial charge is 0.325 e. The molecule has 0 aliphatic heterocycles. The molecule has 0 saturated heterocycles. The van der Waals surface area contributed by atoms with E-state index in [9.17, 15) is 9.18 Å². The van der Waals surface area contributed by atoms with E-state index in [1.807, 2.05) is 6.92 Å². The molecule has 0 heterocycles. The van der Waals surface area contributed by atoms with Crippen LogP contribution in [0, 0.1) is 5.82 Å². The highest BCUT2D eigenvalue weighted by atomic mass is 35.5. The van der Waals surface area contributed by atoms with E-state index in [0.29, 0.717) is 35.0 Å². The van der Waals surface area contributed by atoms with Gasteiger partial charge in [-0.15, -0.1) is 0 Å². The first-order valence-electron chi connectivity index (χ1n) is 9.99. The summed E-state index contributed by atoms with van der Waals surface area (Å²) in [6.45, 7) is 6.70. The topological polar surface area (TPSA) is 68.8 Å². The number of esters is 1. The van der Waals surface area contributed by atoms with Crippen molar-refractivity contribution >= 4 is 17.6 Å². The Hall–Kier alpha value is -2.35. The SMILES string of the molecule is COC(=O)C(C)(C)NCCNC(C)c1cc(F)cc(Cl)c1COc1ccc(OC)cc1. The van der Waals surface area contributed by atoms with Crippen LogP contribution in [0.3, 0.4) is 0 Å². The van der Waals surface area contributed by atoms with Gasteiger partial charge in [-0.3, -0.25) is 4.79 Å². The lowest BCUT2D eigenvalue weighted by molar-refractivity contribution is -0.147. The molecule has 0 spiro atoms. The molecule has 31 heavy (non-hydrogen) atoms. The molecule has 6 nitrogen and oxygen atoms in total. The van der Waals surface area contributed by atoms with Gasteiger partial charge in [-0.2, -0.15) is 0 Å². The lowest BCUT2D eigenvalue weighted by Crippen LogP contribution is -2.49. The Balaban J connectivity index is 2.02. The third-order valence-electron chi connectivity index (χ3n) is 4.94. The van der Waals surface area contributed by atoms with Crippen molar-refractivity contribution in [3.05, 3.63) is 58.4 Å². The first-order valence-corrected chi connectivity index (χ1v) is 10.4. The van der Waals surface area contributed by atoms with Crippen LogP contribution >= 0.6 is 11.6 Å². The van der Waals surface area contributed by atoms with E-state index in [4.69, 9.17) is 25.8 Å². The Morgan fingerprint density at radius 2 is 1.77 bits per heavy atom. The van der Waals surface area contributed by atoms with Gasteiger partial charge in [0.15, 0.2) is 0 Å². The maximum Gasteiger partial charge on any atom is 0.325 e. The second kappa shape index (κ2) is 11.3. The molecule has 0 aliphatic carbocycles. The van der Waals surface area contributed by atoms with Gasteiger partial charge in [-0.05, 0) is 62.7 Å². The van der Waals surface area contributed by atoms with Gasteiger partial charge in [0.05, 0.1) is 19.2 Å². The third kappa shape index (κ3) is 7.09. The second-order valence-corrected chi connectivity index (χ2v) is 8.05. The van der Waals surface area contributed by atoms with Crippen LogP contribution in [-0.4, -0.2) is 38.8 Å². The molecule has 0 radical (unpaired) electrons. The van der Waals surface area contributed by atoms with Crippen molar-refractivity contribution in [3.63, 3.8) is 0 Å². The predicted molar refractivity (Wildman–Crippen MR) is 119 cm³/mol. The van der Waals surface area contributed by atoms with Gasteiger partial charge >= 0.3 is 5.97 Å². The molecule has 0 fully saturated rings. The molecule has 2 N–H and O–H groups in total. The zero-order valence-electron chi connectivity index (χ0n) is 18.6. The summed E-state index contributed by atoms with van der Waals surface area (Å²) < 4.78 is 29.8. The molecule has 0 aromatic heterocycles. The minimum Gasteiger partial charge on any atom is -0.497 e. The van der Waals surface area contributed by atoms with E-state index in [1.165, 1.54) is 19.2 Å². The Morgan fingerprint density at radius 3 is 2.39 bits per heavy atom. The lowest BCUT2D eigenvalue weighted by atomic mass is 10.0. The fraction of sp³-hybridized carbons (Fsp3) is 0.435. The summed E-state index contributed by atoms with van der Waals surface area (Å²) in [5.74, 6) is 0.638. The largest absolute Gasteiger partial charge is 0.497 e. The predicted octanol–water partition coefficient (Wildman–Crippen LogP) is 4.26. The molecule has 0 amide bonds. The Morgan fingerprint density at radius 1 is 1.13 bits per heavy atom. The molecule has 8 heteroatoms. The van der Waals surface area contributed by atoms with Crippen molar-refractivity contribution in [1.82, 2.24) is 10.6 Å². The van der Waals surface area contributed by atoms with E-state index in [2.05, 4.69) is 10.6 Å². The normalized spacial score (nSPS) is 12.4. The summed E-state index contributed by atoms with van der Waals surface area (Å²) in [6, 6.07) is 9.75. The molecule has 1 atom stereocenters. The standard InChI is InChI=1S/C23H30ClFN2O4/c1-15(26-10-11-27-23(2,3)22(28)30-5)19-12-16(25)13-21(24)20(19)14-31-18-8-6-17(29-4)7-9-18/h6-9,12-13,15,26-27H,10-11,14H2,1-5H3. The van der Waals surface area contributed by atoms with Crippen LogP contribution in [0.5, 0.6) is 11.5 Å². The maximum absolute atomic E-state index is 14.1. The van der Waals surface area contributed by atoms with Crippen molar-refractivity contribution in [2.24, 2.45) is 0 Å². The number of carbonyl (C=O) groups excluding carboxylic acids is 1. The average Bonchev–Trinajstić information content (AvgIpc) is 2.75. The molecule has 0 aliphatic rings. The van der Waals surface area contributed by atoms with Gasteiger partial charge < -0.3 is 24.8 Å². The van der Waals surface area contributed by atoms with Gasteiger partial charge in [-0.25, -0.2) is 4.39 Å². The highest BCUT2D eigenvalue weighted by molar-refractivity contribution is 6.31. The van der Waals surface area contributed by atoms with Crippen LogP contribution in [0.2, 0.25) is 5.02 Å². The van der Waals surface area contributed by atoms with Gasteiger partial charge in [0.1, 0.15) is 29.5 Å². The monoisotopic (exact) mass is 452 g/mol. The van der Waals surface area contributed by atoms with Gasteiger partial charge in [0, 0.05) is 24.7 Å². The van der Waals surface area contributed by atoms with Crippen molar-refractivity contribution in [2.45, 2.75) is 39.0 Å². The zero-order valence-corrected chi connectivity index (χ0v) is 19.3. The number of hydrogen-bond acceptors (Lipinski definition) is 6. The minimum atomic E-state index is -0.792. The number of rotatable bonds is 11. The molecule has 2 rings (SSSR count). The summed E-state index contributed by atoms with van der Waals surface area (Å²) in [7, 11) is 2.95. The number of halogens is 2. The fourth-order valence-electron chi connectivity index (χ4n) is 3.09. The zero-order chi connectivity index (χ0) is 23.0. The number of hydrogen-bond donors (Lipinski definition) is 2. The molecule has 0 bridgehead atoms. The molecular weight excluding hydrogens is 423 g/mol. The van der Waals surface area contributed by atoms with E-state index in [1.54, 1.807) is 45.2 Å². The Kier molecular flexibility index (Phi) is 9.10. The Labute approximate surface area is 188 Å². The van der Waals surface area contributed by atoms with Crippen molar-refractivity contribution < 1.29 is 23.4 Å². The first kappa shape index (κ1) is 24.9. The maximum atomic E-state index is 14.1. The lowest BCUT2D eigenvalue weighted by Gasteiger charge is -2.24.